The standard InChI is InChI=1S/C16H22N6O2S/c23-5-2-12-8-22(20-19-12)9-13-7-11-1-4-21(13)10-14(11)15(24)18-16-17-3-6-25-16/h3,6,8,11,13-14,23H,1-2,4-5,7,9-10H2,(H,17,18,24)/t11?,13-,14+/m1/s1. The minimum atomic E-state index is 0.0367. The second kappa shape index (κ2) is 7.19. The summed E-state index contributed by atoms with van der Waals surface area (Å²) in [5, 5.41) is 22.7. The number of thiazole rings is 1. The Hall–Kier alpha value is -1.84. The van der Waals surface area contributed by atoms with Crippen LogP contribution < -0.4 is 5.32 Å². The second-order valence-corrected chi connectivity index (χ2v) is 7.67. The number of aromatic nitrogens is 4. The molecule has 3 fully saturated rings. The van der Waals surface area contributed by atoms with Gasteiger partial charge in [0.25, 0.3) is 0 Å². The quantitative estimate of drug-likeness (QED) is 0.782. The fourth-order valence-electron chi connectivity index (χ4n) is 3.98. The molecule has 3 aliphatic heterocycles. The molecule has 25 heavy (non-hydrogen) atoms. The fourth-order valence-corrected chi connectivity index (χ4v) is 4.51. The number of carbonyl (C=O) groups is 1. The van der Waals surface area contributed by atoms with Crippen LogP contribution in [0.3, 0.4) is 0 Å². The summed E-state index contributed by atoms with van der Waals surface area (Å²) in [6.45, 7) is 2.71. The van der Waals surface area contributed by atoms with E-state index in [4.69, 9.17) is 5.11 Å². The highest BCUT2D eigenvalue weighted by Crippen LogP contribution is 2.37. The maximum Gasteiger partial charge on any atom is 0.230 e. The van der Waals surface area contributed by atoms with Crippen LogP contribution in [0.4, 0.5) is 5.13 Å². The molecule has 4 atom stereocenters. The number of nitrogens with one attached hydrogen (secondary N) is 1. The Morgan fingerprint density at radius 3 is 3.12 bits per heavy atom. The lowest BCUT2D eigenvalue weighted by atomic mass is 9.75. The average Bonchev–Trinajstić information content (AvgIpc) is 3.28. The van der Waals surface area contributed by atoms with Gasteiger partial charge in [0.1, 0.15) is 0 Å². The van der Waals surface area contributed by atoms with Gasteiger partial charge in [-0.25, -0.2) is 4.98 Å². The van der Waals surface area contributed by atoms with Crippen molar-refractivity contribution in [3.63, 3.8) is 0 Å². The number of rotatable bonds is 6. The summed E-state index contributed by atoms with van der Waals surface area (Å²) in [6.07, 6.45) is 6.23. The normalized spacial score (nSPS) is 28.2. The maximum absolute atomic E-state index is 12.6. The summed E-state index contributed by atoms with van der Waals surface area (Å²) in [4.78, 5) is 19.1. The van der Waals surface area contributed by atoms with Crippen molar-refractivity contribution in [3.05, 3.63) is 23.5 Å². The minimum Gasteiger partial charge on any atom is -0.396 e. The predicted octanol–water partition coefficient (Wildman–Crippen LogP) is 0.618. The van der Waals surface area contributed by atoms with Gasteiger partial charge in [-0.05, 0) is 25.3 Å². The number of anilines is 1. The molecule has 3 saturated heterocycles. The van der Waals surface area contributed by atoms with Crippen molar-refractivity contribution in [1.82, 2.24) is 24.9 Å². The van der Waals surface area contributed by atoms with Crippen LogP contribution in [0.25, 0.3) is 0 Å². The van der Waals surface area contributed by atoms with Gasteiger partial charge in [-0.3, -0.25) is 14.4 Å². The Bertz CT molecular complexity index is 718. The van der Waals surface area contributed by atoms with E-state index < -0.39 is 0 Å². The topological polar surface area (TPSA) is 96.2 Å². The van der Waals surface area contributed by atoms with E-state index in [9.17, 15) is 4.79 Å². The number of piperidine rings is 3. The number of hydrogen-bond donors (Lipinski definition) is 2. The smallest absolute Gasteiger partial charge is 0.230 e. The van der Waals surface area contributed by atoms with Crippen molar-refractivity contribution in [1.29, 1.82) is 0 Å². The molecule has 0 spiro atoms. The van der Waals surface area contributed by atoms with Gasteiger partial charge in [-0.2, -0.15) is 0 Å². The van der Waals surface area contributed by atoms with Crippen LogP contribution in [0.2, 0.25) is 0 Å². The molecule has 3 aliphatic rings. The van der Waals surface area contributed by atoms with Crippen LogP contribution in [-0.2, 0) is 17.8 Å². The molecule has 0 aromatic carbocycles. The number of hydrogen-bond acceptors (Lipinski definition) is 7. The molecular formula is C16H22N6O2S. The summed E-state index contributed by atoms with van der Waals surface area (Å²) >= 11 is 1.45. The zero-order chi connectivity index (χ0) is 17.2. The van der Waals surface area contributed by atoms with E-state index in [-0.39, 0.29) is 18.4 Å². The average molecular weight is 362 g/mol. The Kier molecular flexibility index (Phi) is 4.78. The molecule has 1 amide bonds. The van der Waals surface area contributed by atoms with Gasteiger partial charge in [0, 0.05) is 43.4 Å². The number of aliphatic hydroxyl groups is 1. The molecular weight excluding hydrogens is 340 g/mol. The molecule has 5 heterocycles. The summed E-state index contributed by atoms with van der Waals surface area (Å²) in [6, 6.07) is 0.395. The number of nitrogens with zero attached hydrogens (tertiary/aromatic N) is 5. The van der Waals surface area contributed by atoms with Crippen LogP contribution in [0.5, 0.6) is 0 Å². The highest BCUT2D eigenvalue weighted by atomic mass is 32.1. The summed E-state index contributed by atoms with van der Waals surface area (Å²) < 4.78 is 1.86. The first-order valence-electron chi connectivity index (χ1n) is 8.67. The fraction of sp³-hybridized carbons (Fsp3) is 0.625. The third-order valence-electron chi connectivity index (χ3n) is 5.23. The molecule has 0 saturated carbocycles. The van der Waals surface area contributed by atoms with Crippen LogP contribution in [0, 0.1) is 11.8 Å². The van der Waals surface area contributed by atoms with Gasteiger partial charge in [0.15, 0.2) is 5.13 Å². The number of carbonyl (C=O) groups excluding carboxylic acids is 1. The maximum atomic E-state index is 12.6. The lowest BCUT2D eigenvalue weighted by molar-refractivity contribution is -0.127. The number of aliphatic hydroxyl groups excluding tert-OH is 1. The molecule has 2 unspecified atom stereocenters. The predicted molar refractivity (Wildman–Crippen MR) is 93.1 cm³/mol. The van der Waals surface area contributed by atoms with E-state index in [0.29, 0.717) is 23.5 Å². The van der Waals surface area contributed by atoms with Crippen molar-refractivity contribution in [2.75, 3.05) is 25.0 Å². The molecule has 2 bridgehead atoms. The Morgan fingerprint density at radius 1 is 1.48 bits per heavy atom. The zero-order valence-corrected chi connectivity index (χ0v) is 14.7. The SMILES string of the molecule is O=C(Nc1nccs1)[C@H]1CN2CCC1C[C@@H]2Cn1cc(CCO)nn1. The van der Waals surface area contributed by atoms with Crippen LogP contribution in [-0.4, -0.2) is 61.6 Å². The highest BCUT2D eigenvalue weighted by Gasteiger charge is 2.43. The van der Waals surface area contributed by atoms with Crippen molar-refractivity contribution in [2.45, 2.75) is 31.8 Å². The van der Waals surface area contributed by atoms with Crippen molar-refractivity contribution >= 4 is 22.4 Å². The molecule has 5 rings (SSSR count). The Balaban J connectivity index is 1.37. The van der Waals surface area contributed by atoms with E-state index in [2.05, 4.69) is 25.5 Å². The number of amides is 1. The lowest BCUT2D eigenvalue weighted by Crippen LogP contribution is -2.57. The van der Waals surface area contributed by atoms with Crippen LogP contribution in [0.15, 0.2) is 17.8 Å². The van der Waals surface area contributed by atoms with E-state index in [0.717, 1.165) is 38.2 Å². The van der Waals surface area contributed by atoms with Crippen LogP contribution in [0.1, 0.15) is 18.5 Å². The molecule has 0 radical (unpaired) electrons. The molecule has 2 aromatic rings. The largest absolute Gasteiger partial charge is 0.396 e. The van der Waals surface area contributed by atoms with Gasteiger partial charge in [-0.1, -0.05) is 5.21 Å². The second-order valence-electron chi connectivity index (χ2n) is 6.77. The van der Waals surface area contributed by atoms with E-state index in [1.807, 2.05) is 16.3 Å². The molecule has 9 heteroatoms. The molecule has 0 aliphatic carbocycles. The Morgan fingerprint density at radius 2 is 2.40 bits per heavy atom. The molecule has 2 N–H and O–H groups in total. The molecule has 134 valence electrons. The minimum absolute atomic E-state index is 0.0367. The number of fused-ring (bicyclic) bond motifs is 3. The summed E-state index contributed by atoms with van der Waals surface area (Å²) in [7, 11) is 0. The first-order valence-corrected chi connectivity index (χ1v) is 9.55. The third-order valence-corrected chi connectivity index (χ3v) is 5.92. The van der Waals surface area contributed by atoms with Crippen LogP contribution >= 0.6 is 11.3 Å². The van der Waals surface area contributed by atoms with Crippen molar-refractivity contribution < 1.29 is 9.90 Å². The summed E-state index contributed by atoms with van der Waals surface area (Å²) in [5.74, 6) is 0.541. The van der Waals surface area contributed by atoms with Gasteiger partial charge >= 0.3 is 0 Å². The van der Waals surface area contributed by atoms with Gasteiger partial charge in [0.05, 0.1) is 18.2 Å². The van der Waals surface area contributed by atoms with E-state index >= 15 is 0 Å². The first kappa shape index (κ1) is 16.6. The zero-order valence-electron chi connectivity index (χ0n) is 13.9. The van der Waals surface area contributed by atoms with E-state index in [1.54, 1.807) is 6.20 Å². The molecule has 8 nitrogen and oxygen atoms in total. The monoisotopic (exact) mass is 362 g/mol. The van der Waals surface area contributed by atoms with Crippen molar-refractivity contribution in [2.24, 2.45) is 11.8 Å². The van der Waals surface area contributed by atoms with Gasteiger partial charge < -0.3 is 10.4 Å². The first-order chi connectivity index (χ1) is 12.2. The Labute approximate surface area is 149 Å². The lowest BCUT2D eigenvalue weighted by Gasteiger charge is -2.49. The third kappa shape index (κ3) is 3.58. The van der Waals surface area contributed by atoms with E-state index in [1.165, 1.54) is 11.3 Å². The summed E-state index contributed by atoms with van der Waals surface area (Å²) in [5.41, 5.74) is 0.819. The van der Waals surface area contributed by atoms with Gasteiger partial charge in [-0.15, -0.1) is 16.4 Å². The van der Waals surface area contributed by atoms with Gasteiger partial charge in [0.2, 0.25) is 5.91 Å². The highest BCUT2D eigenvalue weighted by molar-refractivity contribution is 7.13. The van der Waals surface area contributed by atoms with Crippen molar-refractivity contribution in [3.8, 4) is 0 Å². The molecule has 2 aromatic heterocycles.